The van der Waals surface area contributed by atoms with Crippen LogP contribution in [0.2, 0.25) is 0 Å². The minimum Gasteiger partial charge on any atom is -0.368 e. The number of hydrogen-bond acceptors (Lipinski definition) is 3. The van der Waals surface area contributed by atoms with Gasteiger partial charge in [-0.05, 0) is 25.6 Å². The summed E-state index contributed by atoms with van der Waals surface area (Å²) in [7, 11) is 1.98. The number of hydrogen-bond donors (Lipinski definition) is 2. The van der Waals surface area contributed by atoms with Gasteiger partial charge in [0.25, 0.3) is 0 Å². The lowest BCUT2D eigenvalue weighted by atomic mass is 10.1. The largest absolute Gasteiger partial charge is 0.368 e. The van der Waals surface area contributed by atoms with Crippen LogP contribution < -0.4 is 10.6 Å². The van der Waals surface area contributed by atoms with Crippen LogP contribution >= 0.6 is 0 Å². The van der Waals surface area contributed by atoms with E-state index >= 15 is 0 Å². The molecule has 2 N–H and O–H groups in total. The van der Waals surface area contributed by atoms with Gasteiger partial charge in [0.2, 0.25) is 0 Å². The smallest absolute Gasteiger partial charge is 0.128 e. The van der Waals surface area contributed by atoms with E-state index in [0.29, 0.717) is 0 Å². The summed E-state index contributed by atoms with van der Waals surface area (Å²) in [5.41, 5.74) is 2.56. The van der Waals surface area contributed by atoms with Crippen molar-refractivity contribution in [3.05, 3.63) is 35.4 Å². The van der Waals surface area contributed by atoms with E-state index in [2.05, 4.69) is 39.9 Å². The van der Waals surface area contributed by atoms with Crippen molar-refractivity contribution in [2.24, 2.45) is 4.99 Å². The molecule has 0 aromatic heterocycles. The second kappa shape index (κ2) is 7.85. The number of nitrogens with one attached hydrogen (secondary N) is 2. The highest BCUT2D eigenvalue weighted by Crippen LogP contribution is 2.07. The molecule has 1 aliphatic heterocycles. The Hall–Kier alpha value is -1.35. The average Bonchev–Trinajstić information content (AvgIpc) is 2.93. The molecule has 2 rings (SSSR count). The van der Waals surface area contributed by atoms with E-state index in [0.717, 1.165) is 31.9 Å². The van der Waals surface area contributed by atoms with Crippen LogP contribution in [0, 0.1) is 0 Å². The third-order valence-electron chi connectivity index (χ3n) is 2.57. The van der Waals surface area contributed by atoms with Gasteiger partial charge in [-0.1, -0.05) is 38.1 Å². The van der Waals surface area contributed by atoms with Crippen LogP contribution in [-0.4, -0.2) is 32.5 Å². The lowest BCUT2D eigenvalue weighted by molar-refractivity contribution is 0.792. The number of nitrogens with zero attached hydrogens (tertiary/aromatic N) is 1. The van der Waals surface area contributed by atoms with Gasteiger partial charge in [-0.3, -0.25) is 4.99 Å². The van der Waals surface area contributed by atoms with E-state index in [9.17, 15) is 0 Å². The van der Waals surface area contributed by atoms with Crippen molar-refractivity contribution in [2.75, 3.05) is 26.7 Å². The van der Waals surface area contributed by atoms with E-state index in [-0.39, 0.29) is 0 Å². The van der Waals surface area contributed by atoms with Crippen molar-refractivity contribution in [1.82, 2.24) is 10.6 Å². The molecule has 1 aromatic rings. The van der Waals surface area contributed by atoms with Crippen molar-refractivity contribution in [2.45, 2.75) is 20.3 Å². The standard InChI is InChI=1S/C12H17N3.C2H6/c1-13-7-6-10-2-4-11(5-3-10)12-14-8-9-15-12;1-2/h2-5,13H,6-9H2,1H3,(H,14,15);1-2H3. The van der Waals surface area contributed by atoms with E-state index in [1.807, 2.05) is 20.9 Å². The van der Waals surface area contributed by atoms with Crippen LogP contribution in [0.4, 0.5) is 0 Å². The molecule has 1 heterocycles. The predicted molar refractivity (Wildman–Crippen MR) is 74.8 cm³/mol. The summed E-state index contributed by atoms with van der Waals surface area (Å²) in [6.07, 6.45) is 1.08. The van der Waals surface area contributed by atoms with Crippen LogP contribution in [-0.2, 0) is 6.42 Å². The molecule has 0 fully saturated rings. The molecule has 94 valence electrons. The van der Waals surface area contributed by atoms with Crippen molar-refractivity contribution in [3.63, 3.8) is 0 Å². The Labute approximate surface area is 104 Å². The van der Waals surface area contributed by atoms with Gasteiger partial charge < -0.3 is 10.6 Å². The molecule has 0 saturated carbocycles. The number of likely N-dealkylation sites (N-methyl/N-ethyl adjacent to an activating group) is 1. The summed E-state index contributed by atoms with van der Waals surface area (Å²) in [5.74, 6) is 1.04. The number of rotatable bonds is 4. The van der Waals surface area contributed by atoms with Crippen molar-refractivity contribution in [1.29, 1.82) is 0 Å². The first-order chi connectivity index (χ1) is 8.40. The molecule has 0 spiro atoms. The van der Waals surface area contributed by atoms with Gasteiger partial charge in [-0.2, -0.15) is 0 Å². The average molecular weight is 233 g/mol. The molecule has 0 radical (unpaired) electrons. The van der Waals surface area contributed by atoms with Gasteiger partial charge >= 0.3 is 0 Å². The molecule has 0 saturated heterocycles. The zero-order valence-corrected chi connectivity index (χ0v) is 11.1. The van der Waals surface area contributed by atoms with Gasteiger partial charge in [0.15, 0.2) is 0 Å². The third-order valence-corrected chi connectivity index (χ3v) is 2.57. The summed E-state index contributed by atoms with van der Waals surface area (Å²) in [6.45, 7) is 6.90. The molecule has 17 heavy (non-hydrogen) atoms. The SMILES string of the molecule is CC.CNCCc1ccc(C2=NCCN2)cc1. The normalized spacial score (nSPS) is 13.5. The lowest BCUT2D eigenvalue weighted by Crippen LogP contribution is -2.19. The molecule has 3 heteroatoms. The fourth-order valence-corrected chi connectivity index (χ4v) is 1.69. The van der Waals surface area contributed by atoms with Gasteiger partial charge in [-0.15, -0.1) is 0 Å². The fraction of sp³-hybridized carbons (Fsp3) is 0.500. The molecule has 1 aliphatic rings. The third kappa shape index (κ3) is 4.19. The van der Waals surface area contributed by atoms with Crippen LogP contribution in [0.15, 0.2) is 29.3 Å². The minimum atomic E-state index is 0.900. The van der Waals surface area contributed by atoms with E-state index in [1.54, 1.807) is 0 Å². The van der Waals surface area contributed by atoms with Gasteiger partial charge in [-0.25, -0.2) is 0 Å². The Bertz CT molecular complexity index is 341. The second-order valence-corrected chi connectivity index (χ2v) is 3.71. The maximum atomic E-state index is 4.39. The molecule has 0 amide bonds. The monoisotopic (exact) mass is 233 g/mol. The minimum absolute atomic E-state index is 0.900. The number of aliphatic imine (C=N–C) groups is 1. The topological polar surface area (TPSA) is 36.4 Å². The Kier molecular flexibility index (Phi) is 6.33. The molecule has 3 nitrogen and oxygen atoms in total. The summed E-state index contributed by atoms with van der Waals surface area (Å²) in [6, 6.07) is 8.63. The van der Waals surface area contributed by atoms with E-state index < -0.39 is 0 Å². The van der Waals surface area contributed by atoms with Crippen molar-refractivity contribution >= 4 is 5.84 Å². The fourth-order valence-electron chi connectivity index (χ4n) is 1.69. The Balaban J connectivity index is 0.000000686. The highest BCUT2D eigenvalue weighted by atomic mass is 15.1. The van der Waals surface area contributed by atoms with Gasteiger partial charge in [0, 0.05) is 12.1 Å². The maximum absolute atomic E-state index is 4.39. The summed E-state index contributed by atoms with van der Waals surface area (Å²) in [4.78, 5) is 4.39. The molecule has 0 aliphatic carbocycles. The van der Waals surface area contributed by atoms with Crippen LogP contribution in [0.5, 0.6) is 0 Å². The van der Waals surface area contributed by atoms with E-state index in [1.165, 1.54) is 11.1 Å². The van der Waals surface area contributed by atoms with Crippen molar-refractivity contribution in [3.8, 4) is 0 Å². The molecule has 0 bridgehead atoms. The highest BCUT2D eigenvalue weighted by molar-refractivity contribution is 5.99. The first kappa shape index (κ1) is 13.7. The molecule has 0 unspecified atom stereocenters. The first-order valence-electron chi connectivity index (χ1n) is 6.42. The predicted octanol–water partition coefficient (Wildman–Crippen LogP) is 1.82. The highest BCUT2D eigenvalue weighted by Gasteiger charge is 2.06. The van der Waals surface area contributed by atoms with Crippen LogP contribution in [0.3, 0.4) is 0 Å². The zero-order valence-electron chi connectivity index (χ0n) is 11.1. The van der Waals surface area contributed by atoms with Gasteiger partial charge in [0.1, 0.15) is 5.84 Å². The van der Waals surface area contributed by atoms with Crippen LogP contribution in [0.1, 0.15) is 25.0 Å². The Morgan fingerprint density at radius 2 is 1.94 bits per heavy atom. The summed E-state index contributed by atoms with van der Waals surface area (Å²) in [5, 5.41) is 6.42. The Morgan fingerprint density at radius 1 is 1.24 bits per heavy atom. The lowest BCUT2D eigenvalue weighted by Gasteiger charge is -2.04. The van der Waals surface area contributed by atoms with E-state index in [4.69, 9.17) is 0 Å². The molecular weight excluding hydrogens is 210 g/mol. The molecule has 1 aromatic carbocycles. The molecule has 0 atom stereocenters. The number of amidine groups is 1. The number of benzene rings is 1. The summed E-state index contributed by atoms with van der Waals surface area (Å²) < 4.78 is 0. The van der Waals surface area contributed by atoms with Gasteiger partial charge in [0.05, 0.1) is 6.54 Å². The summed E-state index contributed by atoms with van der Waals surface area (Å²) >= 11 is 0. The van der Waals surface area contributed by atoms with Crippen LogP contribution in [0.25, 0.3) is 0 Å². The second-order valence-electron chi connectivity index (χ2n) is 3.71. The maximum Gasteiger partial charge on any atom is 0.128 e. The molecular formula is C14H23N3. The van der Waals surface area contributed by atoms with Crippen molar-refractivity contribution < 1.29 is 0 Å². The quantitative estimate of drug-likeness (QED) is 0.832. The zero-order chi connectivity index (χ0) is 12.5. The Morgan fingerprint density at radius 3 is 2.47 bits per heavy atom. The first-order valence-corrected chi connectivity index (χ1v) is 6.42.